The molecule has 0 aromatic carbocycles. The second-order valence-corrected chi connectivity index (χ2v) is 3.83. The van der Waals surface area contributed by atoms with Crippen LogP contribution in [0.5, 0.6) is 0 Å². The highest BCUT2D eigenvalue weighted by molar-refractivity contribution is 5.90. The van der Waals surface area contributed by atoms with Gasteiger partial charge in [-0.2, -0.15) is 5.26 Å². The minimum Gasteiger partial charge on any atom is -0.335 e. The van der Waals surface area contributed by atoms with Crippen molar-refractivity contribution in [3.05, 3.63) is 11.6 Å². The number of H-pyrrole nitrogens is 1. The molecule has 0 aliphatic carbocycles. The summed E-state index contributed by atoms with van der Waals surface area (Å²) >= 11 is 0. The first-order valence-corrected chi connectivity index (χ1v) is 5.72. The summed E-state index contributed by atoms with van der Waals surface area (Å²) in [6.07, 6.45) is 0.709. The number of aryl methyl sites for hydroxylation is 1. The molecule has 1 aromatic rings. The lowest BCUT2D eigenvalue weighted by Crippen LogP contribution is -2.35. The number of nitrogens with zero attached hydrogens (tertiary/aromatic N) is 4. The molecular weight excluding hydrogens is 218 g/mol. The Morgan fingerprint density at radius 2 is 2.29 bits per heavy atom. The second-order valence-electron chi connectivity index (χ2n) is 3.83. The minimum atomic E-state index is -0.231. The summed E-state index contributed by atoms with van der Waals surface area (Å²) in [5.41, 5.74) is 0. The summed E-state index contributed by atoms with van der Waals surface area (Å²) in [5, 5.41) is 15.3. The summed E-state index contributed by atoms with van der Waals surface area (Å²) in [6, 6.07) is 2.11. The van der Waals surface area contributed by atoms with E-state index in [0.717, 1.165) is 0 Å². The molecule has 0 bridgehead atoms. The van der Waals surface area contributed by atoms with Crippen LogP contribution in [-0.2, 0) is 6.42 Å². The maximum absolute atomic E-state index is 12.0. The Labute approximate surface area is 101 Å². The average Bonchev–Trinajstić information content (AvgIpc) is 2.83. The molecule has 1 atom stereocenters. The number of hydrogen-bond donors (Lipinski definition) is 1. The van der Waals surface area contributed by atoms with Gasteiger partial charge in [0.1, 0.15) is 5.82 Å². The Morgan fingerprint density at radius 3 is 2.76 bits per heavy atom. The highest BCUT2D eigenvalue weighted by Gasteiger charge is 2.20. The zero-order valence-electron chi connectivity index (χ0n) is 10.4. The fraction of sp³-hybridized carbons (Fsp3) is 0.636. The van der Waals surface area contributed by atoms with E-state index in [4.69, 9.17) is 5.26 Å². The smallest absolute Gasteiger partial charge is 0.293 e. The molecule has 0 saturated heterocycles. The maximum atomic E-state index is 12.0. The molecule has 1 amide bonds. The number of nitriles is 1. The molecule has 17 heavy (non-hydrogen) atoms. The van der Waals surface area contributed by atoms with Crippen LogP contribution in [0.2, 0.25) is 0 Å². The topological polar surface area (TPSA) is 85.7 Å². The van der Waals surface area contributed by atoms with Gasteiger partial charge in [-0.1, -0.05) is 6.92 Å². The first-order valence-electron chi connectivity index (χ1n) is 5.72. The number of amides is 1. The summed E-state index contributed by atoms with van der Waals surface area (Å²) < 4.78 is 0. The van der Waals surface area contributed by atoms with Gasteiger partial charge in [0, 0.05) is 19.5 Å². The molecule has 0 aliphatic rings. The number of rotatable bonds is 5. The summed E-state index contributed by atoms with van der Waals surface area (Å²) in [6.45, 7) is 6.54. The van der Waals surface area contributed by atoms with E-state index in [1.165, 1.54) is 0 Å². The van der Waals surface area contributed by atoms with E-state index < -0.39 is 0 Å². The number of nitrogens with one attached hydrogen (secondary N) is 1. The van der Waals surface area contributed by atoms with Crippen molar-refractivity contribution in [2.45, 2.75) is 27.2 Å². The van der Waals surface area contributed by atoms with Gasteiger partial charge in [-0.15, -0.1) is 5.10 Å². The Bertz CT molecular complexity index is 420. The van der Waals surface area contributed by atoms with Gasteiger partial charge in [0.25, 0.3) is 5.91 Å². The molecule has 0 radical (unpaired) electrons. The largest absolute Gasteiger partial charge is 0.335 e. The molecule has 6 heteroatoms. The zero-order chi connectivity index (χ0) is 12.8. The zero-order valence-corrected chi connectivity index (χ0v) is 10.4. The third kappa shape index (κ3) is 3.28. The first-order chi connectivity index (χ1) is 8.12. The van der Waals surface area contributed by atoms with Gasteiger partial charge in [0.15, 0.2) is 0 Å². The predicted molar refractivity (Wildman–Crippen MR) is 62.1 cm³/mol. The van der Waals surface area contributed by atoms with Gasteiger partial charge < -0.3 is 4.90 Å². The third-order valence-corrected chi connectivity index (χ3v) is 2.44. The summed E-state index contributed by atoms with van der Waals surface area (Å²) in [5.74, 6) is 0.445. The fourth-order valence-electron chi connectivity index (χ4n) is 1.42. The molecule has 1 rings (SSSR count). The van der Waals surface area contributed by atoms with Crippen LogP contribution < -0.4 is 0 Å². The highest BCUT2D eigenvalue weighted by Crippen LogP contribution is 2.04. The average molecular weight is 235 g/mol. The van der Waals surface area contributed by atoms with Crippen molar-refractivity contribution in [1.29, 1.82) is 5.26 Å². The SMILES string of the molecule is CCc1nc(C(=O)N(CC)CC(C)C#N)n[nH]1. The Hall–Kier alpha value is -1.90. The van der Waals surface area contributed by atoms with Crippen molar-refractivity contribution < 1.29 is 4.79 Å². The van der Waals surface area contributed by atoms with Crippen LogP contribution in [-0.4, -0.2) is 39.1 Å². The van der Waals surface area contributed by atoms with Crippen molar-refractivity contribution in [3.8, 4) is 6.07 Å². The number of hydrogen-bond acceptors (Lipinski definition) is 4. The van der Waals surface area contributed by atoms with E-state index in [1.54, 1.807) is 11.8 Å². The van der Waals surface area contributed by atoms with Crippen molar-refractivity contribution >= 4 is 5.91 Å². The molecule has 1 unspecified atom stereocenters. The number of carbonyl (C=O) groups excluding carboxylic acids is 1. The lowest BCUT2D eigenvalue weighted by Gasteiger charge is -2.20. The molecular formula is C11H17N5O. The fourth-order valence-corrected chi connectivity index (χ4v) is 1.42. The molecule has 1 aromatic heterocycles. The van der Waals surface area contributed by atoms with Gasteiger partial charge in [-0.25, -0.2) is 4.98 Å². The number of carbonyl (C=O) groups is 1. The van der Waals surface area contributed by atoms with E-state index in [0.29, 0.717) is 25.3 Å². The third-order valence-electron chi connectivity index (χ3n) is 2.44. The second kappa shape index (κ2) is 5.99. The van der Waals surface area contributed by atoms with Crippen molar-refractivity contribution in [1.82, 2.24) is 20.1 Å². The Balaban J connectivity index is 2.75. The van der Waals surface area contributed by atoms with Gasteiger partial charge in [0.2, 0.25) is 5.82 Å². The molecule has 0 fully saturated rings. The molecule has 92 valence electrons. The summed E-state index contributed by atoms with van der Waals surface area (Å²) in [7, 11) is 0. The van der Waals surface area contributed by atoms with E-state index in [-0.39, 0.29) is 17.6 Å². The standard InChI is InChI=1S/C11H17N5O/c1-4-9-13-10(15-14-9)11(17)16(5-2)7-8(3)6-12/h8H,4-5,7H2,1-3H3,(H,13,14,15). The van der Waals surface area contributed by atoms with Crippen LogP contribution in [0.15, 0.2) is 0 Å². The van der Waals surface area contributed by atoms with E-state index in [2.05, 4.69) is 21.3 Å². The van der Waals surface area contributed by atoms with Crippen LogP contribution in [0.25, 0.3) is 0 Å². The molecule has 6 nitrogen and oxygen atoms in total. The Morgan fingerprint density at radius 1 is 1.59 bits per heavy atom. The van der Waals surface area contributed by atoms with Crippen molar-refractivity contribution in [3.63, 3.8) is 0 Å². The van der Waals surface area contributed by atoms with Gasteiger partial charge in [0.05, 0.1) is 12.0 Å². The van der Waals surface area contributed by atoms with Crippen molar-refractivity contribution in [2.24, 2.45) is 5.92 Å². The first kappa shape index (κ1) is 13.2. The van der Waals surface area contributed by atoms with E-state index in [1.807, 2.05) is 13.8 Å². The van der Waals surface area contributed by atoms with E-state index >= 15 is 0 Å². The lowest BCUT2D eigenvalue weighted by molar-refractivity contribution is 0.0741. The van der Waals surface area contributed by atoms with Gasteiger partial charge in [-0.3, -0.25) is 9.89 Å². The normalized spacial score (nSPS) is 11.9. The van der Waals surface area contributed by atoms with Gasteiger partial charge in [-0.05, 0) is 13.8 Å². The highest BCUT2D eigenvalue weighted by atomic mass is 16.2. The van der Waals surface area contributed by atoms with Crippen molar-refractivity contribution in [2.75, 3.05) is 13.1 Å². The van der Waals surface area contributed by atoms with Crippen LogP contribution >= 0.6 is 0 Å². The van der Waals surface area contributed by atoms with Gasteiger partial charge >= 0.3 is 0 Å². The number of aromatic amines is 1. The minimum absolute atomic E-state index is 0.175. The maximum Gasteiger partial charge on any atom is 0.293 e. The summed E-state index contributed by atoms with van der Waals surface area (Å²) in [4.78, 5) is 17.7. The lowest BCUT2D eigenvalue weighted by atomic mass is 10.2. The van der Waals surface area contributed by atoms with Crippen LogP contribution in [0.4, 0.5) is 0 Å². The van der Waals surface area contributed by atoms with Crippen LogP contribution in [0.1, 0.15) is 37.2 Å². The molecule has 0 saturated carbocycles. The molecule has 0 spiro atoms. The number of aromatic nitrogens is 3. The quantitative estimate of drug-likeness (QED) is 0.824. The monoisotopic (exact) mass is 235 g/mol. The molecule has 0 aliphatic heterocycles. The predicted octanol–water partition coefficient (Wildman–Crippen LogP) is 0.989. The Kier molecular flexibility index (Phi) is 4.64. The van der Waals surface area contributed by atoms with E-state index in [9.17, 15) is 4.79 Å². The van der Waals surface area contributed by atoms with Crippen LogP contribution in [0, 0.1) is 17.2 Å². The molecule has 1 heterocycles. The van der Waals surface area contributed by atoms with Crippen LogP contribution in [0.3, 0.4) is 0 Å². The molecule has 1 N–H and O–H groups in total.